The number of benzene rings is 2. The third-order valence-corrected chi connectivity index (χ3v) is 11.0. The summed E-state index contributed by atoms with van der Waals surface area (Å²) in [6.45, 7) is 7.39. The van der Waals surface area contributed by atoms with E-state index in [4.69, 9.17) is 37.4 Å². The zero-order valence-electron chi connectivity index (χ0n) is 28.8. The number of thiophene rings is 1. The smallest absolute Gasteiger partial charge is 0.318 e. The molecular weight excluding hydrogens is 712 g/mol. The highest BCUT2D eigenvalue weighted by molar-refractivity contribution is 7.23. The molecule has 0 bridgehead atoms. The molecule has 2 unspecified atom stereocenters. The van der Waals surface area contributed by atoms with Crippen molar-refractivity contribution in [3.63, 3.8) is 0 Å². The van der Waals surface area contributed by atoms with E-state index in [0.29, 0.717) is 24.8 Å². The van der Waals surface area contributed by atoms with Crippen molar-refractivity contribution in [2.24, 2.45) is 5.16 Å². The van der Waals surface area contributed by atoms with Gasteiger partial charge in [-0.05, 0) is 50.9 Å². The molecule has 0 radical (unpaired) electrons. The van der Waals surface area contributed by atoms with Crippen molar-refractivity contribution < 1.29 is 23.1 Å². The molecule has 3 aliphatic rings. The van der Waals surface area contributed by atoms with Crippen LogP contribution in [-0.4, -0.2) is 71.6 Å². The molecule has 2 aromatic carbocycles. The molecule has 52 heavy (non-hydrogen) atoms. The second-order valence-corrected chi connectivity index (χ2v) is 14.0. The van der Waals surface area contributed by atoms with E-state index in [1.54, 1.807) is 12.3 Å². The molecule has 3 aromatic heterocycles. The SMILES string of the molecule is CCO/N=C1/CC2CCCN2C1.COc1nc2c3c(c(Cl)c(-c4ccc(F)c5sc(N)c(C#N)c45)c(F)c3n1)OCCN2C(C)c1cccnc1N. The Balaban J connectivity index is 0.000000295. The van der Waals surface area contributed by atoms with Crippen molar-refractivity contribution in [2.45, 2.75) is 45.2 Å². The van der Waals surface area contributed by atoms with Crippen molar-refractivity contribution in [3.05, 3.63) is 58.2 Å². The van der Waals surface area contributed by atoms with E-state index in [9.17, 15) is 9.65 Å². The zero-order chi connectivity index (χ0) is 36.7. The van der Waals surface area contributed by atoms with Gasteiger partial charge in [0.05, 0.1) is 46.1 Å². The number of pyridine rings is 1. The Bertz CT molecular complexity index is 2250. The van der Waals surface area contributed by atoms with Crippen LogP contribution in [0.25, 0.3) is 32.1 Å². The normalized spacial score (nSPS) is 18.1. The van der Waals surface area contributed by atoms with Crippen LogP contribution in [0.15, 0.2) is 35.6 Å². The van der Waals surface area contributed by atoms with Gasteiger partial charge in [0.15, 0.2) is 11.6 Å². The summed E-state index contributed by atoms with van der Waals surface area (Å²) >= 11 is 7.79. The minimum atomic E-state index is -0.814. The molecule has 16 heteroatoms. The highest BCUT2D eigenvalue weighted by Gasteiger charge is 2.34. The van der Waals surface area contributed by atoms with Crippen molar-refractivity contribution in [1.82, 2.24) is 19.9 Å². The molecule has 0 amide bonds. The Morgan fingerprint density at radius 1 is 1.21 bits per heavy atom. The quantitative estimate of drug-likeness (QED) is 0.171. The molecule has 0 aliphatic carbocycles. The summed E-state index contributed by atoms with van der Waals surface area (Å²) in [6.07, 6.45) is 5.46. The van der Waals surface area contributed by atoms with E-state index in [2.05, 4.69) is 25.0 Å². The Kier molecular flexibility index (Phi) is 9.88. The molecule has 2 saturated heterocycles. The number of rotatable bonds is 6. The lowest BCUT2D eigenvalue weighted by Crippen LogP contribution is -2.31. The first-order chi connectivity index (χ1) is 25.2. The minimum Gasteiger partial charge on any atom is -0.489 e. The highest BCUT2D eigenvalue weighted by Crippen LogP contribution is 2.51. The molecule has 0 spiro atoms. The monoisotopic (exact) mass is 747 g/mol. The predicted molar refractivity (Wildman–Crippen MR) is 199 cm³/mol. The third kappa shape index (κ3) is 6.14. The summed E-state index contributed by atoms with van der Waals surface area (Å²) in [5.41, 5.74) is 14.2. The third-order valence-electron chi connectivity index (χ3n) is 9.64. The summed E-state index contributed by atoms with van der Waals surface area (Å²) in [5, 5.41) is 14.3. The molecule has 4 N–H and O–H groups in total. The number of oxime groups is 1. The average Bonchev–Trinajstić information content (AvgIpc) is 3.81. The first-order valence-electron chi connectivity index (χ1n) is 16.9. The standard InChI is InChI=1S/C27H20ClF2N7O2S.C9H16N2O/c1-11(12-4-3-7-34-24(12)32)37-8-9-39-22-18-21(35-27(38-2)36-26(18)37)20(30)17(19(22)28)13-5-6-15(29)23-16(13)14(10-31)25(33)40-23;1-2-12-10-8-6-9-4-3-5-11(9)7-8/h3-7,11H,8-9,33H2,1-2H3,(H2,32,34);9H,2-7H2,1H3/b;10-8-. The number of halogens is 3. The maximum absolute atomic E-state index is 16.6. The fourth-order valence-corrected chi connectivity index (χ4v) is 8.51. The molecule has 6 heterocycles. The van der Waals surface area contributed by atoms with Gasteiger partial charge in [-0.1, -0.05) is 28.9 Å². The van der Waals surface area contributed by atoms with Crippen molar-refractivity contribution >= 4 is 66.3 Å². The number of nitriles is 1. The Morgan fingerprint density at radius 2 is 2.04 bits per heavy atom. The van der Waals surface area contributed by atoms with Crippen LogP contribution >= 0.6 is 22.9 Å². The summed E-state index contributed by atoms with van der Waals surface area (Å²) in [6, 6.07) is 8.54. The van der Waals surface area contributed by atoms with E-state index >= 15 is 4.39 Å². The molecule has 2 fully saturated rings. The summed E-state index contributed by atoms with van der Waals surface area (Å²) in [5.74, 6) is -0.570. The second-order valence-electron chi connectivity index (χ2n) is 12.6. The van der Waals surface area contributed by atoms with Crippen LogP contribution in [0.2, 0.25) is 5.02 Å². The highest BCUT2D eigenvalue weighted by atomic mass is 35.5. The van der Waals surface area contributed by atoms with Gasteiger partial charge in [0.1, 0.15) is 47.3 Å². The number of nitrogen functional groups attached to an aromatic ring is 2. The molecule has 2 atom stereocenters. The molecule has 8 rings (SSSR count). The Labute approximate surface area is 307 Å². The van der Waals surface area contributed by atoms with Crippen LogP contribution in [0, 0.1) is 23.0 Å². The second kappa shape index (κ2) is 14.5. The first-order valence-corrected chi connectivity index (χ1v) is 18.0. The number of ether oxygens (including phenoxy) is 2. The lowest BCUT2D eigenvalue weighted by Gasteiger charge is -2.30. The molecular formula is C36H36ClF2N9O3S. The van der Waals surface area contributed by atoms with E-state index in [0.717, 1.165) is 35.9 Å². The lowest BCUT2D eigenvalue weighted by molar-refractivity contribution is 0.158. The number of hydrogen-bond donors (Lipinski definition) is 2. The minimum absolute atomic E-state index is 0.0341. The Morgan fingerprint density at radius 3 is 2.77 bits per heavy atom. The van der Waals surface area contributed by atoms with Gasteiger partial charge in [0.25, 0.3) is 0 Å². The van der Waals surface area contributed by atoms with Gasteiger partial charge in [0.2, 0.25) is 0 Å². The van der Waals surface area contributed by atoms with Crippen molar-refractivity contribution in [3.8, 4) is 29.0 Å². The number of hydrogen-bond acceptors (Lipinski definition) is 13. The van der Waals surface area contributed by atoms with Gasteiger partial charge in [0, 0.05) is 41.7 Å². The fourth-order valence-electron chi connectivity index (χ4n) is 7.22. The van der Waals surface area contributed by atoms with E-state index in [1.165, 1.54) is 44.3 Å². The molecule has 3 aliphatic heterocycles. The maximum Gasteiger partial charge on any atom is 0.318 e. The first kappa shape index (κ1) is 35.4. The van der Waals surface area contributed by atoms with Crippen LogP contribution < -0.4 is 25.8 Å². The fraction of sp³-hybridized carbons (Fsp3) is 0.361. The van der Waals surface area contributed by atoms with E-state index in [-0.39, 0.29) is 72.1 Å². The molecule has 12 nitrogen and oxygen atoms in total. The summed E-state index contributed by atoms with van der Waals surface area (Å²) < 4.78 is 43.0. The largest absolute Gasteiger partial charge is 0.489 e. The predicted octanol–water partition coefficient (Wildman–Crippen LogP) is 7.09. The molecule has 5 aromatic rings. The van der Waals surface area contributed by atoms with Gasteiger partial charge in [-0.15, -0.1) is 11.3 Å². The van der Waals surface area contributed by atoms with Crippen LogP contribution in [0.5, 0.6) is 11.8 Å². The van der Waals surface area contributed by atoms with Crippen LogP contribution in [0.1, 0.15) is 50.3 Å². The van der Waals surface area contributed by atoms with Gasteiger partial charge in [-0.2, -0.15) is 15.2 Å². The lowest BCUT2D eigenvalue weighted by atomic mass is 9.96. The van der Waals surface area contributed by atoms with Crippen molar-refractivity contribution in [2.75, 3.05) is 56.3 Å². The van der Waals surface area contributed by atoms with Crippen molar-refractivity contribution in [1.29, 1.82) is 5.26 Å². The van der Waals surface area contributed by atoms with Gasteiger partial charge in [-0.25, -0.2) is 13.8 Å². The van der Waals surface area contributed by atoms with Crippen LogP contribution in [0.4, 0.5) is 25.4 Å². The summed E-state index contributed by atoms with van der Waals surface area (Å²) in [4.78, 5) is 22.5. The molecule has 0 saturated carbocycles. The zero-order valence-corrected chi connectivity index (χ0v) is 30.3. The average molecular weight is 748 g/mol. The van der Waals surface area contributed by atoms with E-state index in [1.807, 2.05) is 30.9 Å². The van der Waals surface area contributed by atoms with Gasteiger partial charge < -0.3 is 30.7 Å². The maximum atomic E-state index is 16.6. The number of aromatic nitrogens is 3. The number of fused-ring (bicyclic) bond motifs is 2. The molecule has 270 valence electrons. The van der Waals surface area contributed by atoms with Crippen LogP contribution in [-0.2, 0) is 4.84 Å². The van der Waals surface area contributed by atoms with Gasteiger partial charge in [-0.3, -0.25) is 4.90 Å². The Hall–Kier alpha value is -5.04. The van der Waals surface area contributed by atoms with Gasteiger partial charge >= 0.3 is 6.01 Å². The van der Waals surface area contributed by atoms with Crippen LogP contribution in [0.3, 0.4) is 0 Å². The number of nitrogens with two attached hydrogens (primary N) is 2. The number of nitrogens with zero attached hydrogens (tertiary/aromatic N) is 7. The number of methoxy groups -OCH3 is 1. The van der Waals surface area contributed by atoms with E-state index < -0.39 is 11.6 Å². The summed E-state index contributed by atoms with van der Waals surface area (Å²) in [7, 11) is 1.38. The topological polar surface area (TPSA) is 161 Å². The number of anilines is 3.